The molecular formula is C12H19NO2. The van der Waals surface area contributed by atoms with Gasteiger partial charge in [-0.15, -0.1) is 0 Å². The van der Waals surface area contributed by atoms with E-state index in [-0.39, 0.29) is 6.10 Å². The van der Waals surface area contributed by atoms with Crippen molar-refractivity contribution in [2.24, 2.45) is 0 Å². The molecule has 0 spiro atoms. The fourth-order valence-corrected chi connectivity index (χ4v) is 1.16. The minimum atomic E-state index is 0.264. The average Bonchev–Trinajstić information content (AvgIpc) is 2.25. The van der Waals surface area contributed by atoms with Crippen LogP contribution in [0.15, 0.2) is 24.3 Å². The molecule has 1 N–H and O–H groups in total. The van der Waals surface area contributed by atoms with Crippen molar-refractivity contribution in [2.45, 2.75) is 20.0 Å². The first-order valence-electron chi connectivity index (χ1n) is 5.24. The molecule has 1 aromatic rings. The van der Waals surface area contributed by atoms with Crippen LogP contribution in [0, 0.1) is 0 Å². The lowest BCUT2D eigenvalue weighted by Crippen LogP contribution is -2.11. The molecule has 0 heterocycles. The fourth-order valence-electron chi connectivity index (χ4n) is 1.16. The molecule has 3 heteroatoms. The number of hydrogen-bond acceptors (Lipinski definition) is 3. The summed E-state index contributed by atoms with van der Waals surface area (Å²) in [5.41, 5.74) is 1.08. The van der Waals surface area contributed by atoms with E-state index in [0.717, 1.165) is 11.4 Å². The van der Waals surface area contributed by atoms with Crippen LogP contribution in [-0.4, -0.2) is 26.4 Å². The van der Waals surface area contributed by atoms with E-state index in [4.69, 9.17) is 9.47 Å². The van der Waals surface area contributed by atoms with Crippen LogP contribution in [0.1, 0.15) is 13.8 Å². The van der Waals surface area contributed by atoms with Gasteiger partial charge in [0.2, 0.25) is 0 Å². The fraction of sp³-hybridized carbons (Fsp3) is 0.500. The van der Waals surface area contributed by atoms with E-state index in [0.29, 0.717) is 13.2 Å². The van der Waals surface area contributed by atoms with Gasteiger partial charge in [0, 0.05) is 12.7 Å². The molecule has 0 amide bonds. The first-order chi connectivity index (χ1) is 7.22. The van der Waals surface area contributed by atoms with Crippen molar-refractivity contribution in [3.63, 3.8) is 0 Å². The highest BCUT2D eigenvalue weighted by Crippen LogP contribution is 2.14. The molecule has 0 bridgehead atoms. The average molecular weight is 209 g/mol. The zero-order valence-corrected chi connectivity index (χ0v) is 9.62. The summed E-state index contributed by atoms with van der Waals surface area (Å²) < 4.78 is 10.9. The van der Waals surface area contributed by atoms with E-state index in [1.807, 2.05) is 45.2 Å². The molecule has 0 aromatic heterocycles. The summed E-state index contributed by atoms with van der Waals surface area (Å²) in [5.74, 6) is 0.876. The van der Waals surface area contributed by atoms with E-state index < -0.39 is 0 Å². The van der Waals surface area contributed by atoms with Gasteiger partial charge in [-0.2, -0.15) is 0 Å². The largest absolute Gasteiger partial charge is 0.491 e. The Labute approximate surface area is 91.4 Å². The lowest BCUT2D eigenvalue weighted by atomic mass is 10.3. The number of benzene rings is 1. The molecule has 3 nitrogen and oxygen atoms in total. The quantitative estimate of drug-likeness (QED) is 0.730. The Hall–Kier alpha value is -1.22. The summed E-state index contributed by atoms with van der Waals surface area (Å²) in [6, 6.07) is 7.86. The van der Waals surface area contributed by atoms with Crippen molar-refractivity contribution in [1.29, 1.82) is 0 Å². The van der Waals surface area contributed by atoms with Crippen molar-refractivity contribution < 1.29 is 9.47 Å². The first-order valence-corrected chi connectivity index (χ1v) is 5.24. The minimum absolute atomic E-state index is 0.264. The Morgan fingerprint density at radius 1 is 1.13 bits per heavy atom. The third-order valence-corrected chi connectivity index (χ3v) is 1.95. The highest BCUT2D eigenvalue weighted by molar-refractivity contribution is 5.45. The van der Waals surface area contributed by atoms with Crippen LogP contribution in [0.2, 0.25) is 0 Å². The SMILES string of the molecule is CNc1ccc(OCCOC(C)C)cc1. The summed E-state index contributed by atoms with van der Waals surface area (Å²) in [4.78, 5) is 0. The molecule has 1 rings (SSSR count). The lowest BCUT2D eigenvalue weighted by molar-refractivity contribution is 0.0553. The van der Waals surface area contributed by atoms with Crippen molar-refractivity contribution in [3.8, 4) is 5.75 Å². The van der Waals surface area contributed by atoms with Crippen LogP contribution in [0.25, 0.3) is 0 Å². The molecular weight excluding hydrogens is 190 g/mol. The minimum Gasteiger partial charge on any atom is -0.491 e. The third-order valence-electron chi connectivity index (χ3n) is 1.95. The van der Waals surface area contributed by atoms with Gasteiger partial charge in [-0.25, -0.2) is 0 Å². The van der Waals surface area contributed by atoms with Gasteiger partial charge in [0.15, 0.2) is 0 Å². The van der Waals surface area contributed by atoms with E-state index in [1.54, 1.807) is 0 Å². The molecule has 0 saturated heterocycles. The van der Waals surface area contributed by atoms with Gasteiger partial charge in [0.1, 0.15) is 12.4 Å². The predicted octanol–water partition coefficient (Wildman–Crippen LogP) is 2.53. The van der Waals surface area contributed by atoms with Crippen molar-refractivity contribution in [2.75, 3.05) is 25.6 Å². The maximum atomic E-state index is 5.50. The zero-order valence-electron chi connectivity index (χ0n) is 9.62. The molecule has 0 saturated carbocycles. The number of ether oxygens (including phenoxy) is 2. The second-order valence-corrected chi connectivity index (χ2v) is 3.54. The first kappa shape index (κ1) is 11.9. The standard InChI is InChI=1S/C12H19NO2/c1-10(2)14-8-9-15-12-6-4-11(13-3)5-7-12/h4-7,10,13H,8-9H2,1-3H3. The molecule has 84 valence electrons. The second kappa shape index (κ2) is 6.30. The molecule has 15 heavy (non-hydrogen) atoms. The van der Waals surface area contributed by atoms with Gasteiger partial charge >= 0.3 is 0 Å². The van der Waals surface area contributed by atoms with E-state index in [9.17, 15) is 0 Å². The van der Waals surface area contributed by atoms with Gasteiger partial charge in [0.25, 0.3) is 0 Å². The van der Waals surface area contributed by atoms with Crippen LogP contribution in [0.4, 0.5) is 5.69 Å². The molecule has 0 aliphatic carbocycles. The Kier molecular flexibility index (Phi) is 4.98. The highest BCUT2D eigenvalue weighted by Gasteiger charge is 1.95. The predicted molar refractivity (Wildman–Crippen MR) is 62.6 cm³/mol. The Morgan fingerprint density at radius 3 is 2.33 bits per heavy atom. The Bertz CT molecular complexity index is 269. The lowest BCUT2D eigenvalue weighted by Gasteiger charge is -2.09. The number of rotatable bonds is 6. The van der Waals surface area contributed by atoms with Gasteiger partial charge in [-0.1, -0.05) is 0 Å². The maximum absolute atomic E-state index is 5.50. The van der Waals surface area contributed by atoms with Crippen LogP contribution < -0.4 is 10.1 Å². The molecule has 1 aromatic carbocycles. The van der Waals surface area contributed by atoms with Crippen molar-refractivity contribution in [1.82, 2.24) is 0 Å². The van der Waals surface area contributed by atoms with E-state index in [2.05, 4.69) is 5.32 Å². The van der Waals surface area contributed by atoms with Gasteiger partial charge in [-0.3, -0.25) is 0 Å². The Morgan fingerprint density at radius 2 is 1.80 bits per heavy atom. The summed E-state index contributed by atoms with van der Waals surface area (Å²) in [5, 5.41) is 3.06. The molecule has 0 unspecified atom stereocenters. The monoisotopic (exact) mass is 209 g/mol. The summed E-state index contributed by atoms with van der Waals surface area (Å²) >= 11 is 0. The van der Waals surface area contributed by atoms with Crippen LogP contribution in [0.5, 0.6) is 5.75 Å². The van der Waals surface area contributed by atoms with E-state index in [1.165, 1.54) is 0 Å². The van der Waals surface area contributed by atoms with Crippen LogP contribution >= 0.6 is 0 Å². The molecule has 0 atom stereocenters. The van der Waals surface area contributed by atoms with Crippen molar-refractivity contribution >= 4 is 5.69 Å². The van der Waals surface area contributed by atoms with Gasteiger partial charge in [-0.05, 0) is 38.1 Å². The third kappa shape index (κ3) is 4.70. The van der Waals surface area contributed by atoms with E-state index >= 15 is 0 Å². The molecule has 0 radical (unpaired) electrons. The maximum Gasteiger partial charge on any atom is 0.119 e. The molecule has 0 fully saturated rings. The molecule has 0 aliphatic rings. The number of hydrogen-bond donors (Lipinski definition) is 1. The van der Waals surface area contributed by atoms with Crippen LogP contribution in [0.3, 0.4) is 0 Å². The zero-order chi connectivity index (χ0) is 11.1. The number of nitrogens with one attached hydrogen (secondary N) is 1. The summed E-state index contributed by atoms with van der Waals surface area (Å²) in [6.45, 7) is 5.26. The topological polar surface area (TPSA) is 30.5 Å². The van der Waals surface area contributed by atoms with Crippen LogP contribution in [-0.2, 0) is 4.74 Å². The summed E-state index contributed by atoms with van der Waals surface area (Å²) in [6.07, 6.45) is 0.264. The van der Waals surface area contributed by atoms with Gasteiger partial charge < -0.3 is 14.8 Å². The van der Waals surface area contributed by atoms with Gasteiger partial charge in [0.05, 0.1) is 12.7 Å². The smallest absolute Gasteiger partial charge is 0.119 e. The Balaban J connectivity index is 2.25. The highest BCUT2D eigenvalue weighted by atomic mass is 16.5. The second-order valence-electron chi connectivity index (χ2n) is 3.54. The molecule has 0 aliphatic heterocycles. The number of anilines is 1. The van der Waals surface area contributed by atoms with Crippen molar-refractivity contribution in [3.05, 3.63) is 24.3 Å². The normalized spacial score (nSPS) is 10.4. The summed E-state index contributed by atoms with van der Waals surface area (Å²) in [7, 11) is 1.90.